The molecule has 1 aromatic rings. The van der Waals surface area contributed by atoms with E-state index in [0.29, 0.717) is 6.42 Å². The average molecular weight is 203 g/mol. The largest absolute Gasteiger partial charge is 0.493 e. The topological polar surface area (TPSA) is 9.23 Å². The van der Waals surface area contributed by atoms with Crippen molar-refractivity contribution in [3.05, 3.63) is 36.8 Å². The molecule has 4 heteroatoms. The molecule has 1 aromatic carbocycles. The van der Waals surface area contributed by atoms with Crippen LogP contribution in [0.5, 0.6) is 5.75 Å². The molecule has 0 spiro atoms. The third kappa shape index (κ3) is 2.65. The number of para-hydroxylation sites is 1. The molecule has 0 fully saturated rings. The van der Waals surface area contributed by atoms with Crippen LogP contribution in [0.2, 0.25) is 0 Å². The minimum Gasteiger partial charge on any atom is -0.493 e. The molecule has 0 atom stereocenters. The van der Waals surface area contributed by atoms with E-state index in [1.54, 1.807) is 0 Å². The Morgan fingerprint density at radius 2 is 1.86 bits per heavy atom. The van der Waals surface area contributed by atoms with E-state index in [9.17, 15) is 13.2 Å². The summed E-state index contributed by atoms with van der Waals surface area (Å²) in [7, 11) is 0. The van der Waals surface area contributed by atoms with Crippen LogP contribution in [0.1, 0.15) is 12.0 Å². The summed E-state index contributed by atoms with van der Waals surface area (Å²) in [5, 5.41) is 0. The van der Waals surface area contributed by atoms with Gasteiger partial charge in [0.15, 0.2) is 0 Å². The van der Waals surface area contributed by atoms with Crippen molar-refractivity contribution in [2.75, 3.05) is 6.61 Å². The fourth-order valence-corrected chi connectivity index (χ4v) is 1.01. The maximum Gasteiger partial charge on any atom is 0.419 e. The standard InChI is InChI=1S/C10H10F3O/c1-2-7-14-9-6-4-3-5-8(9)10(11,12)13/h3-6H,1-2,7H2. The van der Waals surface area contributed by atoms with Gasteiger partial charge in [0, 0.05) is 0 Å². The van der Waals surface area contributed by atoms with Crippen LogP contribution in [0, 0.1) is 6.92 Å². The van der Waals surface area contributed by atoms with Gasteiger partial charge < -0.3 is 4.74 Å². The zero-order chi connectivity index (χ0) is 10.6. The van der Waals surface area contributed by atoms with Gasteiger partial charge in [-0.15, -0.1) is 0 Å². The summed E-state index contributed by atoms with van der Waals surface area (Å²) in [6.07, 6.45) is -3.93. The first kappa shape index (κ1) is 10.9. The Labute approximate surface area is 80.5 Å². The van der Waals surface area contributed by atoms with Crippen molar-refractivity contribution in [3.63, 3.8) is 0 Å². The van der Waals surface area contributed by atoms with Crippen LogP contribution in [-0.4, -0.2) is 6.61 Å². The first-order valence-electron chi connectivity index (χ1n) is 4.14. The third-order valence-electron chi connectivity index (χ3n) is 1.59. The zero-order valence-electron chi connectivity index (χ0n) is 7.47. The van der Waals surface area contributed by atoms with Crippen LogP contribution in [0.25, 0.3) is 0 Å². The highest BCUT2D eigenvalue weighted by atomic mass is 19.4. The second-order valence-electron chi connectivity index (χ2n) is 2.70. The van der Waals surface area contributed by atoms with E-state index in [1.165, 1.54) is 18.2 Å². The zero-order valence-corrected chi connectivity index (χ0v) is 7.47. The summed E-state index contributed by atoms with van der Waals surface area (Å²) < 4.78 is 42.1. The van der Waals surface area contributed by atoms with Gasteiger partial charge in [-0.2, -0.15) is 13.2 Å². The summed E-state index contributed by atoms with van der Waals surface area (Å²) in [4.78, 5) is 0. The normalized spacial score (nSPS) is 11.4. The molecule has 0 saturated heterocycles. The predicted molar refractivity (Wildman–Crippen MR) is 46.9 cm³/mol. The third-order valence-corrected chi connectivity index (χ3v) is 1.59. The van der Waals surface area contributed by atoms with Crippen LogP contribution in [0.3, 0.4) is 0 Å². The van der Waals surface area contributed by atoms with Crippen LogP contribution in [-0.2, 0) is 6.18 Å². The molecule has 0 aromatic heterocycles. The molecule has 0 saturated carbocycles. The molecule has 14 heavy (non-hydrogen) atoms. The lowest BCUT2D eigenvalue weighted by molar-refractivity contribution is -0.138. The molecular weight excluding hydrogens is 193 g/mol. The summed E-state index contributed by atoms with van der Waals surface area (Å²) in [6.45, 7) is 3.67. The van der Waals surface area contributed by atoms with Gasteiger partial charge >= 0.3 is 6.18 Å². The van der Waals surface area contributed by atoms with Gasteiger partial charge in [0.05, 0.1) is 12.2 Å². The first-order valence-corrected chi connectivity index (χ1v) is 4.14. The highest BCUT2D eigenvalue weighted by Crippen LogP contribution is 2.35. The van der Waals surface area contributed by atoms with Crippen molar-refractivity contribution in [1.82, 2.24) is 0 Å². The van der Waals surface area contributed by atoms with E-state index >= 15 is 0 Å². The van der Waals surface area contributed by atoms with E-state index in [1.807, 2.05) is 0 Å². The number of benzene rings is 1. The molecule has 0 unspecified atom stereocenters. The van der Waals surface area contributed by atoms with E-state index in [2.05, 4.69) is 6.92 Å². The maximum absolute atomic E-state index is 12.4. The van der Waals surface area contributed by atoms with E-state index in [-0.39, 0.29) is 12.4 Å². The average Bonchev–Trinajstić information content (AvgIpc) is 2.14. The van der Waals surface area contributed by atoms with Crippen LogP contribution in [0.4, 0.5) is 13.2 Å². The number of alkyl halides is 3. The van der Waals surface area contributed by atoms with Crippen LogP contribution < -0.4 is 4.74 Å². The number of hydrogen-bond acceptors (Lipinski definition) is 1. The van der Waals surface area contributed by atoms with Gasteiger partial charge in [-0.05, 0) is 25.5 Å². The van der Waals surface area contributed by atoms with Crippen molar-refractivity contribution in [2.45, 2.75) is 12.6 Å². The predicted octanol–water partition coefficient (Wildman–Crippen LogP) is 3.31. The van der Waals surface area contributed by atoms with Gasteiger partial charge in [-0.1, -0.05) is 12.1 Å². The minimum atomic E-state index is -4.36. The molecule has 0 aliphatic rings. The van der Waals surface area contributed by atoms with E-state index < -0.39 is 11.7 Å². The summed E-state index contributed by atoms with van der Waals surface area (Å²) in [5.41, 5.74) is -0.742. The summed E-state index contributed by atoms with van der Waals surface area (Å²) in [5.74, 6) is -0.136. The van der Waals surface area contributed by atoms with Gasteiger partial charge in [0.25, 0.3) is 0 Å². The summed E-state index contributed by atoms with van der Waals surface area (Å²) in [6, 6.07) is 5.14. The SMILES string of the molecule is [CH2]CCOc1ccccc1C(F)(F)F. The lowest BCUT2D eigenvalue weighted by atomic mass is 10.2. The highest BCUT2D eigenvalue weighted by molar-refractivity contribution is 5.35. The number of hydrogen-bond donors (Lipinski definition) is 0. The lowest BCUT2D eigenvalue weighted by Gasteiger charge is -2.12. The van der Waals surface area contributed by atoms with Gasteiger partial charge in [0.2, 0.25) is 0 Å². The fourth-order valence-electron chi connectivity index (χ4n) is 1.01. The van der Waals surface area contributed by atoms with Crippen molar-refractivity contribution < 1.29 is 17.9 Å². The summed E-state index contributed by atoms with van der Waals surface area (Å²) >= 11 is 0. The van der Waals surface area contributed by atoms with Crippen LogP contribution in [0.15, 0.2) is 24.3 Å². The molecule has 0 bridgehead atoms. The monoisotopic (exact) mass is 203 g/mol. The number of halogens is 3. The Bertz CT molecular complexity index is 294. The second-order valence-corrected chi connectivity index (χ2v) is 2.70. The number of ether oxygens (including phenoxy) is 1. The van der Waals surface area contributed by atoms with Crippen LogP contribution >= 0.6 is 0 Å². The second kappa shape index (κ2) is 4.35. The lowest BCUT2D eigenvalue weighted by Crippen LogP contribution is -2.08. The Morgan fingerprint density at radius 3 is 2.43 bits per heavy atom. The molecule has 0 amide bonds. The van der Waals surface area contributed by atoms with E-state index in [0.717, 1.165) is 6.07 Å². The number of rotatable bonds is 3. The molecule has 1 nitrogen and oxygen atoms in total. The quantitative estimate of drug-likeness (QED) is 0.732. The van der Waals surface area contributed by atoms with Crippen molar-refractivity contribution in [1.29, 1.82) is 0 Å². The highest BCUT2D eigenvalue weighted by Gasteiger charge is 2.33. The molecule has 1 radical (unpaired) electrons. The Hall–Kier alpha value is -1.19. The smallest absolute Gasteiger partial charge is 0.419 e. The van der Waals surface area contributed by atoms with Crippen molar-refractivity contribution >= 4 is 0 Å². The van der Waals surface area contributed by atoms with Gasteiger partial charge in [-0.3, -0.25) is 0 Å². The minimum absolute atomic E-state index is 0.136. The molecular formula is C10H10F3O. The van der Waals surface area contributed by atoms with E-state index in [4.69, 9.17) is 4.74 Å². The van der Waals surface area contributed by atoms with Crippen molar-refractivity contribution in [3.8, 4) is 5.75 Å². The Morgan fingerprint density at radius 1 is 1.21 bits per heavy atom. The fraction of sp³-hybridized carbons (Fsp3) is 0.300. The van der Waals surface area contributed by atoms with Gasteiger partial charge in [-0.25, -0.2) is 0 Å². The molecule has 77 valence electrons. The Balaban J connectivity index is 2.92. The Kier molecular flexibility index (Phi) is 3.38. The maximum atomic E-state index is 12.4. The molecule has 0 N–H and O–H groups in total. The first-order chi connectivity index (χ1) is 6.55. The molecule has 0 aliphatic heterocycles. The molecule has 0 aliphatic carbocycles. The molecule has 1 rings (SSSR count). The van der Waals surface area contributed by atoms with Crippen molar-refractivity contribution in [2.24, 2.45) is 0 Å². The molecule has 0 heterocycles. The van der Waals surface area contributed by atoms with Gasteiger partial charge in [0.1, 0.15) is 5.75 Å².